The summed E-state index contributed by atoms with van der Waals surface area (Å²) in [4.78, 5) is 4.63. The van der Waals surface area contributed by atoms with Crippen LogP contribution in [0.4, 0.5) is 0 Å². The Kier molecular flexibility index (Phi) is 9.90. The van der Waals surface area contributed by atoms with E-state index >= 15 is 0 Å². The number of guanidine groups is 1. The third-order valence-electron chi connectivity index (χ3n) is 4.20. The van der Waals surface area contributed by atoms with Crippen LogP contribution < -0.4 is 15.4 Å². The molecular weight excluding hydrogens is 330 g/mol. The third kappa shape index (κ3) is 7.62. The average molecular weight is 364 g/mol. The minimum Gasteiger partial charge on any atom is -0.493 e. The molecule has 2 rings (SSSR count). The molecule has 0 radical (unpaired) electrons. The first-order chi connectivity index (χ1) is 12.8. The number of methoxy groups -OCH3 is 1. The van der Waals surface area contributed by atoms with Crippen LogP contribution in [0.5, 0.6) is 5.75 Å². The third-order valence-corrected chi connectivity index (χ3v) is 4.20. The number of benzene rings is 1. The second-order valence-electron chi connectivity index (χ2n) is 6.29. The summed E-state index contributed by atoms with van der Waals surface area (Å²) < 4.78 is 16.0. The fourth-order valence-corrected chi connectivity index (χ4v) is 2.81. The van der Waals surface area contributed by atoms with Crippen LogP contribution in [0, 0.1) is 0 Å². The highest BCUT2D eigenvalue weighted by molar-refractivity contribution is 5.79. The molecule has 0 saturated carbocycles. The number of fused-ring (bicyclic) bond motifs is 1. The van der Waals surface area contributed by atoms with Crippen LogP contribution in [0.25, 0.3) is 0 Å². The Morgan fingerprint density at radius 1 is 1.19 bits per heavy atom. The lowest BCUT2D eigenvalue weighted by Crippen LogP contribution is -2.38. The fourth-order valence-electron chi connectivity index (χ4n) is 2.81. The molecule has 0 aliphatic carbocycles. The molecule has 6 heteroatoms. The lowest BCUT2D eigenvalue weighted by atomic mass is 10.1. The molecular formula is C20H33N3O3. The minimum atomic E-state index is 0.657. The Balaban J connectivity index is 1.63. The van der Waals surface area contributed by atoms with E-state index < -0.39 is 0 Å². The van der Waals surface area contributed by atoms with Crippen molar-refractivity contribution in [2.75, 3.05) is 53.2 Å². The molecule has 1 aromatic carbocycles. The van der Waals surface area contributed by atoms with Crippen LogP contribution in [0.2, 0.25) is 0 Å². The van der Waals surface area contributed by atoms with Gasteiger partial charge in [-0.05, 0) is 43.4 Å². The quantitative estimate of drug-likeness (QED) is 0.338. The summed E-state index contributed by atoms with van der Waals surface area (Å²) in [6.07, 6.45) is 4.04. The number of nitrogens with one attached hydrogen (secondary N) is 2. The number of nitrogens with zero attached hydrogens (tertiary/aromatic N) is 1. The first-order valence-electron chi connectivity index (χ1n) is 9.67. The van der Waals surface area contributed by atoms with Gasteiger partial charge in [-0.3, -0.25) is 4.99 Å². The van der Waals surface area contributed by atoms with Gasteiger partial charge in [-0.15, -0.1) is 0 Å². The standard InChI is InChI=1S/C20H33N3O3/c1-3-21-20(22-10-4-5-12-25-15-14-24-2)23-11-8-17-6-7-19-18(16-17)9-13-26-19/h6-7,16H,3-5,8-15H2,1-2H3,(H2,21,22,23). The smallest absolute Gasteiger partial charge is 0.191 e. The molecule has 0 aromatic heterocycles. The van der Waals surface area contributed by atoms with Crippen molar-refractivity contribution in [1.29, 1.82) is 0 Å². The highest BCUT2D eigenvalue weighted by Crippen LogP contribution is 2.25. The monoisotopic (exact) mass is 363 g/mol. The van der Waals surface area contributed by atoms with Crippen LogP contribution in [0.15, 0.2) is 23.2 Å². The Morgan fingerprint density at radius 2 is 2.12 bits per heavy atom. The van der Waals surface area contributed by atoms with Crippen LogP contribution >= 0.6 is 0 Å². The maximum absolute atomic E-state index is 5.56. The molecule has 146 valence electrons. The molecule has 0 unspecified atom stereocenters. The van der Waals surface area contributed by atoms with Gasteiger partial charge in [0.05, 0.1) is 19.8 Å². The molecule has 0 bridgehead atoms. The van der Waals surface area contributed by atoms with Crippen molar-refractivity contribution < 1.29 is 14.2 Å². The van der Waals surface area contributed by atoms with Gasteiger partial charge in [0.2, 0.25) is 0 Å². The van der Waals surface area contributed by atoms with Gasteiger partial charge < -0.3 is 24.8 Å². The summed E-state index contributed by atoms with van der Waals surface area (Å²) in [6.45, 7) is 7.52. The van der Waals surface area contributed by atoms with Crippen molar-refractivity contribution in [1.82, 2.24) is 10.6 Å². The molecule has 0 spiro atoms. The molecule has 1 aliphatic heterocycles. The average Bonchev–Trinajstić information content (AvgIpc) is 3.11. The van der Waals surface area contributed by atoms with Gasteiger partial charge in [-0.1, -0.05) is 12.1 Å². The largest absolute Gasteiger partial charge is 0.493 e. The van der Waals surface area contributed by atoms with Crippen molar-refractivity contribution in [2.24, 2.45) is 4.99 Å². The highest BCUT2D eigenvalue weighted by atomic mass is 16.5. The Hall–Kier alpha value is -1.79. The normalized spacial score (nSPS) is 13.4. The summed E-state index contributed by atoms with van der Waals surface area (Å²) >= 11 is 0. The first-order valence-corrected chi connectivity index (χ1v) is 9.67. The second kappa shape index (κ2) is 12.5. The van der Waals surface area contributed by atoms with Gasteiger partial charge in [-0.25, -0.2) is 0 Å². The highest BCUT2D eigenvalue weighted by Gasteiger charge is 2.11. The van der Waals surface area contributed by atoms with E-state index in [1.165, 1.54) is 11.1 Å². The predicted octanol–water partition coefficient (Wildman–Crippen LogP) is 2.16. The molecule has 0 fully saturated rings. The van der Waals surface area contributed by atoms with Gasteiger partial charge in [-0.2, -0.15) is 0 Å². The zero-order valence-electron chi connectivity index (χ0n) is 16.2. The molecule has 0 atom stereocenters. The van der Waals surface area contributed by atoms with E-state index in [2.05, 4.69) is 40.7 Å². The number of hydrogen-bond acceptors (Lipinski definition) is 4. The zero-order valence-corrected chi connectivity index (χ0v) is 16.2. The van der Waals surface area contributed by atoms with Crippen molar-refractivity contribution in [3.63, 3.8) is 0 Å². The Morgan fingerprint density at radius 3 is 2.96 bits per heavy atom. The molecule has 1 aromatic rings. The zero-order chi connectivity index (χ0) is 18.5. The van der Waals surface area contributed by atoms with E-state index in [1.807, 2.05) is 0 Å². The van der Waals surface area contributed by atoms with Crippen molar-refractivity contribution >= 4 is 5.96 Å². The number of ether oxygens (including phenoxy) is 3. The van der Waals surface area contributed by atoms with Crippen LogP contribution in [-0.4, -0.2) is 59.1 Å². The van der Waals surface area contributed by atoms with E-state index in [0.717, 1.165) is 70.2 Å². The maximum Gasteiger partial charge on any atom is 0.191 e. The van der Waals surface area contributed by atoms with Gasteiger partial charge >= 0.3 is 0 Å². The van der Waals surface area contributed by atoms with Crippen molar-refractivity contribution in [3.8, 4) is 5.75 Å². The van der Waals surface area contributed by atoms with Gasteiger partial charge in [0.1, 0.15) is 5.75 Å². The summed E-state index contributed by atoms with van der Waals surface area (Å²) in [5.41, 5.74) is 2.67. The molecule has 26 heavy (non-hydrogen) atoms. The SMILES string of the molecule is CCNC(=NCCCCOCCOC)NCCc1ccc2c(c1)CCO2. The van der Waals surface area contributed by atoms with Crippen LogP contribution in [-0.2, 0) is 22.3 Å². The second-order valence-corrected chi connectivity index (χ2v) is 6.29. The number of rotatable bonds is 12. The number of aliphatic imine (C=N–C) groups is 1. The topological polar surface area (TPSA) is 64.1 Å². The summed E-state index contributed by atoms with van der Waals surface area (Å²) in [5, 5.41) is 6.72. The predicted molar refractivity (Wildman–Crippen MR) is 105 cm³/mol. The van der Waals surface area contributed by atoms with Crippen LogP contribution in [0.1, 0.15) is 30.9 Å². The van der Waals surface area contributed by atoms with Crippen molar-refractivity contribution in [2.45, 2.75) is 32.6 Å². The lowest BCUT2D eigenvalue weighted by molar-refractivity contribution is 0.0690. The maximum atomic E-state index is 5.56. The molecule has 6 nitrogen and oxygen atoms in total. The Labute approximate surface area is 157 Å². The number of hydrogen-bond donors (Lipinski definition) is 2. The van der Waals surface area contributed by atoms with E-state index in [1.54, 1.807) is 7.11 Å². The van der Waals surface area contributed by atoms with Crippen molar-refractivity contribution in [3.05, 3.63) is 29.3 Å². The molecule has 1 aliphatic rings. The Bertz CT molecular complexity index is 549. The molecule has 0 saturated heterocycles. The van der Waals surface area contributed by atoms with Crippen LogP contribution in [0.3, 0.4) is 0 Å². The van der Waals surface area contributed by atoms with E-state index in [0.29, 0.717) is 13.2 Å². The van der Waals surface area contributed by atoms with E-state index in [4.69, 9.17) is 14.2 Å². The summed E-state index contributed by atoms with van der Waals surface area (Å²) in [5.74, 6) is 1.93. The molecule has 1 heterocycles. The van der Waals surface area contributed by atoms with Gasteiger partial charge in [0.25, 0.3) is 0 Å². The summed E-state index contributed by atoms with van der Waals surface area (Å²) in [6, 6.07) is 6.50. The molecule has 2 N–H and O–H groups in total. The van der Waals surface area contributed by atoms with E-state index in [-0.39, 0.29) is 0 Å². The molecule has 0 amide bonds. The summed E-state index contributed by atoms with van der Waals surface area (Å²) in [7, 11) is 1.69. The van der Waals surface area contributed by atoms with E-state index in [9.17, 15) is 0 Å². The fraction of sp³-hybridized carbons (Fsp3) is 0.650. The lowest BCUT2D eigenvalue weighted by Gasteiger charge is -2.11. The van der Waals surface area contributed by atoms with Gasteiger partial charge in [0.15, 0.2) is 5.96 Å². The minimum absolute atomic E-state index is 0.657. The van der Waals surface area contributed by atoms with Gasteiger partial charge in [0, 0.05) is 39.8 Å². The first kappa shape index (κ1) is 20.5. The number of unbranched alkanes of at least 4 members (excludes halogenated alkanes) is 1.